The molecule has 1 heterocycles. The zero-order chi connectivity index (χ0) is 13.9. The topological polar surface area (TPSA) is 32.3 Å². The van der Waals surface area contributed by atoms with Crippen LogP contribution >= 0.6 is 11.8 Å². The Morgan fingerprint density at radius 2 is 1.83 bits per heavy atom. The van der Waals surface area contributed by atoms with Crippen molar-refractivity contribution >= 4 is 17.7 Å². The van der Waals surface area contributed by atoms with Crippen LogP contribution in [0.4, 0.5) is 0 Å². The summed E-state index contributed by atoms with van der Waals surface area (Å²) in [5, 5.41) is 3.52. The highest BCUT2D eigenvalue weighted by Gasteiger charge is 2.43. The van der Waals surface area contributed by atoms with Crippen LogP contribution in [0, 0.1) is 11.8 Å². The molecule has 0 radical (unpaired) electrons. The van der Waals surface area contributed by atoms with Crippen LogP contribution in [0.5, 0.6) is 0 Å². The van der Waals surface area contributed by atoms with Gasteiger partial charge < -0.3 is 4.90 Å². The Morgan fingerprint density at radius 3 is 2.28 bits per heavy atom. The molecule has 0 aromatic rings. The van der Waals surface area contributed by atoms with Gasteiger partial charge in [0.1, 0.15) is 0 Å². The first-order valence-electron chi connectivity index (χ1n) is 6.97. The molecule has 4 heteroatoms. The van der Waals surface area contributed by atoms with Crippen LogP contribution in [0.15, 0.2) is 0 Å². The lowest BCUT2D eigenvalue weighted by Gasteiger charge is -2.32. The molecular weight excluding hydrogens is 244 g/mol. The number of carbonyl (C=O) groups is 1. The van der Waals surface area contributed by atoms with Crippen molar-refractivity contribution in [1.82, 2.24) is 10.2 Å². The summed E-state index contributed by atoms with van der Waals surface area (Å²) in [6.45, 7) is 10.8. The lowest BCUT2D eigenvalue weighted by molar-refractivity contribution is -0.133. The molecule has 3 nitrogen and oxygen atoms in total. The van der Waals surface area contributed by atoms with Crippen molar-refractivity contribution in [2.75, 3.05) is 12.0 Å². The second-order valence-corrected chi connectivity index (χ2v) is 6.94. The summed E-state index contributed by atoms with van der Waals surface area (Å²) in [6.07, 6.45) is 3.39. The van der Waals surface area contributed by atoms with Crippen LogP contribution in [-0.4, -0.2) is 41.1 Å². The summed E-state index contributed by atoms with van der Waals surface area (Å²) in [5.41, 5.74) is 0. The maximum absolute atomic E-state index is 12.5. The van der Waals surface area contributed by atoms with Gasteiger partial charge in [-0.05, 0) is 37.2 Å². The van der Waals surface area contributed by atoms with Gasteiger partial charge in [-0.15, -0.1) is 0 Å². The van der Waals surface area contributed by atoms with Crippen LogP contribution in [0.3, 0.4) is 0 Å². The Hall–Kier alpha value is -0.220. The molecular formula is C14H28N2OS. The molecule has 0 aliphatic carbocycles. The highest BCUT2D eigenvalue weighted by Crippen LogP contribution is 2.25. The molecule has 18 heavy (non-hydrogen) atoms. The van der Waals surface area contributed by atoms with Gasteiger partial charge in [0.05, 0.1) is 12.2 Å². The fraction of sp³-hybridized carbons (Fsp3) is 0.929. The summed E-state index contributed by atoms with van der Waals surface area (Å²) < 4.78 is 0. The van der Waals surface area contributed by atoms with E-state index >= 15 is 0 Å². The number of hydrogen-bond donors (Lipinski definition) is 1. The zero-order valence-corrected chi connectivity index (χ0v) is 13.4. The summed E-state index contributed by atoms with van der Waals surface area (Å²) in [6, 6.07) is 0.322. The maximum Gasteiger partial charge on any atom is 0.241 e. The van der Waals surface area contributed by atoms with E-state index in [0.29, 0.717) is 17.9 Å². The Bertz CT molecular complexity index is 281. The van der Waals surface area contributed by atoms with E-state index in [-0.39, 0.29) is 18.1 Å². The maximum atomic E-state index is 12.5. The monoisotopic (exact) mass is 272 g/mol. The van der Waals surface area contributed by atoms with Crippen LogP contribution in [0.2, 0.25) is 0 Å². The summed E-state index contributed by atoms with van der Waals surface area (Å²) in [5.74, 6) is 2.21. The van der Waals surface area contributed by atoms with E-state index in [1.165, 1.54) is 0 Å². The molecule has 3 unspecified atom stereocenters. The van der Waals surface area contributed by atoms with Crippen molar-refractivity contribution in [2.24, 2.45) is 11.8 Å². The first kappa shape index (κ1) is 15.8. The first-order chi connectivity index (χ1) is 8.40. The van der Waals surface area contributed by atoms with Gasteiger partial charge in [0, 0.05) is 6.04 Å². The highest BCUT2D eigenvalue weighted by atomic mass is 32.2. The number of nitrogens with one attached hydrogen (secondary N) is 1. The number of nitrogens with zero attached hydrogens (tertiary/aromatic N) is 1. The molecule has 1 amide bonds. The second kappa shape index (κ2) is 6.80. The van der Waals surface area contributed by atoms with E-state index in [2.05, 4.69) is 51.1 Å². The van der Waals surface area contributed by atoms with Crippen LogP contribution in [0.1, 0.15) is 41.0 Å². The average molecular weight is 272 g/mol. The Kier molecular flexibility index (Phi) is 5.99. The van der Waals surface area contributed by atoms with Gasteiger partial charge in [-0.25, -0.2) is 0 Å². The van der Waals surface area contributed by atoms with Crippen LogP contribution < -0.4 is 5.32 Å². The summed E-state index contributed by atoms with van der Waals surface area (Å²) >= 11 is 1.85. The van der Waals surface area contributed by atoms with Crippen molar-refractivity contribution in [3.05, 3.63) is 0 Å². The Morgan fingerprint density at radius 1 is 1.22 bits per heavy atom. The molecule has 1 aliphatic rings. The van der Waals surface area contributed by atoms with E-state index in [0.717, 1.165) is 12.2 Å². The number of amides is 1. The van der Waals surface area contributed by atoms with Gasteiger partial charge in [-0.1, -0.05) is 27.7 Å². The minimum absolute atomic E-state index is 0.00544. The third-order valence-corrected chi connectivity index (χ3v) is 4.33. The van der Waals surface area contributed by atoms with E-state index < -0.39 is 0 Å². The van der Waals surface area contributed by atoms with Gasteiger partial charge in [-0.3, -0.25) is 10.1 Å². The first-order valence-corrected chi connectivity index (χ1v) is 8.36. The summed E-state index contributed by atoms with van der Waals surface area (Å²) in [7, 11) is 0. The molecule has 106 valence electrons. The molecule has 0 spiro atoms. The zero-order valence-electron chi connectivity index (χ0n) is 12.6. The molecule has 1 rings (SSSR count). The molecule has 3 atom stereocenters. The predicted octanol–water partition coefficient (Wildman–Crippen LogP) is 2.57. The van der Waals surface area contributed by atoms with Crippen molar-refractivity contribution in [2.45, 2.75) is 59.3 Å². The molecule has 0 aromatic heterocycles. The number of thioether (sulfide) groups is 1. The molecule has 0 aromatic carbocycles. The van der Waals surface area contributed by atoms with Crippen molar-refractivity contribution in [3.63, 3.8) is 0 Å². The van der Waals surface area contributed by atoms with Gasteiger partial charge in [0.15, 0.2) is 0 Å². The normalized spacial score (nSPS) is 26.4. The van der Waals surface area contributed by atoms with Crippen molar-refractivity contribution in [1.29, 1.82) is 0 Å². The number of hydrogen-bond acceptors (Lipinski definition) is 3. The van der Waals surface area contributed by atoms with E-state index in [1.54, 1.807) is 0 Å². The van der Waals surface area contributed by atoms with E-state index in [4.69, 9.17) is 0 Å². The second-order valence-electron chi connectivity index (χ2n) is 5.95. The highest BCUT2D eigenvalue weighted by molar-refractivity contribution is 7.98. The van der Waals surface area contributed by atoms with Gasteiger partial charge in [0.2, 0.25) is 5.91 Å². The van der Waals surface area contributed by atoms with Crippen molar-refractivity contribution in [3.8, 4) is 0 Å². The third kappa shape index (κ3) is 3.41. The molecule has 1 saturated heterocycles. The van der Waals surface area contributed by atoms with E-state index in [9.17, 15) is 4.79 Å². The van der Waals surface area contributed by atoms with Crippen LogP contribution in [0.25, 0.3) is 0 Å². The Balaban J connectivity index is 2.80. The molecule has 1 fully saturated rings. The van der Waals surface area contributed by atoms with Crippen molar-refractivity contribution < 1.29 is 4.79 Å². The molecule has 0 bridgehead atoms. The molecule has 1 aliphatic heterocycles. The largest absolute Gasteiger partial charge is 0.323 e. The van der Waals surface area contributed by atoms with Gasteiger partial charge in [0.25, 0.3) is 0 Å². The lowest BCUT2D eigenvalue weighted by Crippen LogP contribution is -2.46. The minimum Gasteiger partial charge on any atom is -0.323 e. The standard InChI is InChI=1S/C14H28N2OS/c1-9(2)12-14(17)16(11(5)7-8-18-6)13(15-12)10(3)4/h9-13,15H,7-8H2,1-6H3. The quantitative estimate of drug-likeness (QED) is 0.806. The molecule has 0 saturated carbocycles. The fourth-order valence-electron chi connectivity index (χ4n) is 2.54. The van der Waals surface area contributed by atoms with E-state index in [1.807, 2.05) is 11.8 Å². The average Bonchev–Trinajstić information content (AvgIpc) is 2.64. The SMILES string of the molecule is CSCCC(C)N1C(=O)C(C(C)C)NC1C(C)C. The van der Waals surface area contributed by atoms with Crippen LogP contribution in [-0.2, 0) is 4.79 Å². The molecule has 1 N–H and O–H groups in total. The number of rotatable bonds is 6. The lowest BCUT2D eigenvalue weighted by atomic mass is 10.0. The third-order valence-electron chi connectivity index (χ3n) is 3.68. The van der Waals surface area contributed by atoms with Gasteiger partial charge in [-0.2, -0.15) is 11.8 Å². The summed E-state index contributed by atoms with van der Waals surface area (Å²) in [4.78, 5) is 14.6. The van der Waals surface area contributed by atoms with Gasteiger partial charge >= 0.3 is 0 Å². The smallest absolute Gasteiger partial charge is 0.241 e. The Labute approximate surface area is 116 Å². The number of carbonyl (C=O) groups excluding carboxylic acids is 1. The minimum atomic E-state index is -0.00544. The predicted molar refractivity (Wildman–Crippen MR) is 79.7 cm³/mol. The fourth-order valence-corrected chi connectivity index (χ4v) is 3.12.